The Morgan fingerprint density at radius 2 is 0.338 bits per heavy atom. The Morgan fingerprint density at radius 3 is 0.550 bits per heavy atom. The Bertz CT molecular complexity index is 3530. The molecule has 0 aromatic heterocycles. The summed E-state index contributed by atoms with van der Waals surface area (Å²) in [5.74, 6) is 0. The normalized spacial score (nSPS) is 11.2. The van der Waals surface area contributed by atoms with Gasteiger partial charge in [-0.25, -0.2) is 0 Å². The van der Waals surface area contributed by atoms with Crippen molar-refractivity contribution in [2.75, 3.05) is 0 Å². The van der Waals surface area contributed by atoms with Gasteiger partial charge in [0.05, 0.1) is 0 Å². The number of benzene rings is 10. The lowest BCUT2D eigenvalue weighted by Gasteiger charge is -2.23. The van der Waals surface area contributed by atoms with Gasteiger partial charge in [-0.3, -0.25) is 0 Å². The molecule has 0 unspecified atom stereocenters. The van der Waals surface area contributed by atoms with Gasteiger partial charge in [-0.2, -0.15) is 0 Å². The second-order valence-electron chi connectivity index (χ2n) is 23.5. The molecule has 0 heteroatoms. The van der Waals surface area contributed by atoms with Gasteiger partial charge in [0.2, 0.25) is 0 Å². The maximum atomic E-state index is 2.51. The molecule has 0 aliphatic carbocycles. The SMILES string of the molecule is CC.Cc1cc(-c2cc(-c3cc(-c4ccccc4)cc(-c4cc(-c5cc(C)c(C)c(C)c5)c(-c5cc(C)c(C)c(C)c5)c(-c5cc(C)c(C)c(C)c5)c4)c3)cc(-c3cc(C)c(C)c(C)c3)c2-c2cc(C)c(C)c(C)c2)cc(C)c1C. The zero-order valence-corrected chi connectivity index (χ0v) is 51.9. The summed E-state index contributed by atoms with van der Waals surface area (Å²) in [5.41, 5.74) is 45.8. The maximum absolute atomic E-state index is 2.51. The first-order valence-electron chi connectivity index (χ1n) is 29.1. The van der Waals surface area contributed by atoms with Crippen LogP contribution >= 0.6 is 0 Å². The summed E-state index contributed by atoms with van der Waals surface area (Å²) in [6.45, 7) is 44.8. The van der Waals surface area contributed by atoms with Gasteiger partial charge >= 0.3 is 0 Å². The Labute approximate surface area is 481 Å². The van der Waals surface area contributed by atoms with Crippen LogP contribution in [0.2, 0.25) is 0 Å². The molecule has 0 saturated carbocycles. The van der Waals surface area contributed by atoms with Crippen LogP contribution in [0.1, 0.15) is 114 Å². The lowest BCUT2D eigenvalue weighted by atomic mass is 9.80. The molecule has 0 spiro atoms. The number of aryl methyl sites for hydroxylation is 12. The van der Waals surface area contributed by atoms with E-state index in [4.69, 9.17) is 0 Å². The molecule has 0 bridgehead atoms. The van der Waals surface area contributed by atoms with Gasteiger partial charge in [-0.05, 0) is 367 Å². The summed E-state index contributed by atoms with van der Waals surface area (Å²) < 4.78 is 0. The molecular formula is C80H84. The first kappa shape index (κ1) is 56.9. The predicted octanol–water partition coefficient (Wildman–Crippen LogP) is 23.3. The fourth-order valence-electron chi connectivity index (χ4n) is 12.0. The van der Waals surface area contributed by atoms with Crippen molar-refractivity contribution in [1.82, 2.24) is 0 Å². The average molecular weight is 1050 g/mol. The highest BCUT2D eigenvalue weighted by molar-refractivity contribution is 6.01. The molecule has 0 radical (unpaired) electrons. The summed E-state index contributed by atoms with van der Waals surface area (Å²) in [5, 5.41) is 0. The third-order valence-corrected chi connectivity index (χ3v) is 18.4. The van der Waals surface area contributed by atoms with Crippen LogP contribution in [0, 0.1) is 125 Å². The lowest BCUT2D eigenvalue weighted by Crippen LogP contribution is -1.99. The fraction of sp³-hybridized carbons (Fsp3) is 0.250. The van der Waals surface area contributed by atoms with Crippen molar-refractivity contribution in [3.63, 3.8) is 0 Å². The Kier molecular flexibility index (Phi) is 16.2. The standard InChI is InChI=1S/C78H78.C2H6/c1-43-24-67(25-44(2)55(43)13)73-39-65(40-74(68-26-45(3)56(14)46(4)27-68)77(73)71-32-51(9)59(17)52(10)33-71)63-36-62(61-22-20-19-21-23-61)37-64(38-63)66-41-75(69-28-47(5)57(15)48(6)29-69)78(72-34-53(11)60(18)54(12)35-72)76(42-66)70-30-49(7)58(16)50(8)31-70;1-2/h19-42H,1-18H3;1-2H3. The minimum atomic E-state index is 1.18. The third kappa shape index (κ3) is 10.8. The van der Waals surface area contributed by atoms with Crippen molar-refractivity contribution in [2.24, 2.45) is 0 Å². The molecule has 404 valence electrons. The maximum Gasteiger partial charge on any atom is -0.00262 e. The van der Waals surface area contributed by atoms with Gasteiger partial charge in [0.25, 0.3) is 0 Å². The molecule has 0 aliphatic rings. The Balaban J connectivity index is 0.00000383. The van der Waals surface area contributed by atoms with Crippen LogP contribution in [0.4, 0.5) is 0 Å². The molecule has 0 N–H and O–H groups in total. The molecular weight excluding hydrogens is 961 g/mol. The number of hydrogen-bond donors (Lipinski definition) is 0. The minimum Gasteiger partial charge on any atom is -0.0683 e. The van der Waals surface area contributed by atoms with Crippen LogP contribution in [0.25, 0.3) is 100 Å². The van der Waals surface area contributed by atoms with E-state index in [1.807, 2.05) is 13.8 Å². The van der Waals surface area contributed by atoms with E-state index in [-0.39, 0.29) is 0 Å². The van der Waals surface area contributed by atoms with Crippen LogP contribution in [-0.4, -0.2) is 0 Å². The van der Waals surface area contributed by atoms with E-state index >= 15 is 0 Å². The van der Waals surface area contributed by atoms with Crippen molar-refractivity contribution < 1.29 is 0 Å². The van der Waals surface area contributed by atoms with Gasteiger partial charge in [0.15, 0.2) is 0 Å². The van der Waals surface area contributed by atoms with Gasteiger partial charge in [0.1, 0.15) is 0 Å². The van der Waals surface area contributed by atoms with Crippen molar-refractivity contribution in [3.05, 3.63) is 246 Å². The zero-order valence-electron chi connectivity index (χ0n) is 51.9. The molecule has 0 saturated heterocycles. The molecule has 0 fully saturated rings. The second kappa shape index (κ2) is 22.7. The van der Waals surface area contributed by atoms with E-state index in [1.54, 1.807) is 0 Å². The highest BCUT2D eigenvalue weighted by Gasteiger charge is 2.24. The van der Waals surface area contributed by atoms with Gasteiger partial charge in [-0.1, -0.05) is 117 Å². The molecule has 0 aliphatic heterocycles. The van der Waals surface area contributed by atoms with E-state index in [0.717, 1.165) is 0 Å². The molecule has 10 rings (SSSR count). The van der Waals surface area contributed by atoms with Crippen LogP contribution in [0.3, 0.4) is 0 Å². The fourth-order valence-corrected chi connectivity index (χ4v) is 12.0. The highest BCUT2D eigenvalue weighted by Crippen LogP contribution is 2.49. The smallest absolute Gasteiger partial charge is 0.00262 e. The van der Waals surface area contributed by atoms with Crippen LogP contribution in [0.15, 0.2) is 146 Å². The zero-order chi connectivity index (χ0) is 57.8. The summed E-state index contributed by atoms with van der Waals surface area (Å²) in [6.07, 6.45) is 0. The van der Waals surface area contributed by atoms with Gasteiger partial charge in [-0.15, -0.1) is 0 Å². The lowest BCUT2D eigenvalue weighted by molar-refractivity contribution is 1.26. The van der Waals surface area contributed by atoms with Crippen molar-refractivity contribution >= 4 is 0 Å². The quantitative estimate of drug-likeness (QED) is 0.135. The van der Waals surface area contributed by atoms with Crippen molar-refractivity contribution in [2.45, 2.75) is 138 Å². The molecule has 10 aromatic carbocycles. The predicted molar refractivity (Wildman–Crippen MR) is 352 cm³/mol. The van der Waals surface area contributed by atoms with Crippen LogP contribution < -0.4 is 0 Å². The Hall–Kier alpha value is -7.80. The van der Waals surface area contributed by atoms with Crippen molar-refractivity contribution in [3.8, 4) is 100 Å². The largest absolute Gasteiger partial charge is 0.0683 e. The second-order valence-corrected chi connectivity index (χ2v) is 23.5. The van der Waals surface area contributed by atoms with Crippen LogP contribution in [0.5, 0.6) is 0 Å². The summed E-state index contributed by atoms with van der Waals surface area (Å²) in [4.78, 5) is 0. The van der Waals surface area contributed by atoms with E-state index < -0.39 is 0 Å². The first-order chi connectivity index (χ1) is 38.1. The highest BCUT2D eigenvalue weighted by atomic mass is 14.3. The average Bonchev–Trinajstić information content (AvgIpc) is 3.44. The summed E-state index contributed by atoms with van der Waals surface area (Å²) in [6, 6.07) is 57.4. The number of rotatable bonds is 9. The van der Waals surface area contributed by atoms with Crippen LogP contribution in [-0.2, 0) is 0 Å². The molecule has 0 nitrogen and oxygen atoms in total. The van der Waals surface area contributed by atoms with Gasteiger partial charge in [0, 0.05) is 0 Å². The Morgan fingerprint density at radius 1 is 0.163 bits per heavy atom. The van der Waals surface area contributed by atoms with E-state index in [1.165, 1.54) is 200 Å². The number of hydrogen-bond acceptors (Lipinski definition) is 0. The molecule has 80 heavy (non-hydrogen) atoms. The summed E-state index contributed by atoms with van der Waals surface area (Å²) >= 11 is 0. The van der Waals surface area contributed by atoms with E-state index in [2.05, 4.69) is 270 Å². The van der Waals surface area contributed by atoms with E-state index in [0.29, 0.717) is 0 Å². The molecule has 0 heterocycles. The third-order valence-electron chi connectivity index (χ3n) is 18.4. The molecule has 0 atom stereocenters. The van der Waals surface area contributed by atoms with E-state index in [9.17, 15) is 0 Å². The summed E-state index contributed by atoms with van der Waals surface area (Å²) in [7, 11) is 0. The topological polar surface area (TPSA) is 0 Å². The monoisotopic (exact) mass is 1040 g/mol. The minimum absolute atomic E-state index is 1.18. The van der Waals surface area contributed by atoms with Gasteiger partial charge < -0.3 is 0 Å². The molecule has 0 amide bonds. The van der Waals surface area contributed by atoms with Crippen molar-refractivity contribution in [1.29, 1.82) is 0 Å². The molecule has 10 aromatic rings. The first-order valence-corrected chi connectivity index (χ1v) is 29.1.